The topological polar surface area (TPSA) is 56.1 Å². The van der Waals surface area contributed by atoms with Crippen LogP contribution in [0, 0.1) is 0 Å². The Labute approximate surface area is 219 Å². The van der Waals surface area contributed by atoms with Crippen LogP contribution in [0.2, 0.25) is 0 Å². The van der Waals surface area contributed by atoms with Crippen LogP contribution in [0.1, 0.15) is 25.0 Å². The molecule has 0 atom stereocenters. The van der Waals surface area contributed by atoms with Gasteiger partial charge in [-0.3, -0.25) is 0 Å². The summed E-state index contributed by atoms with van der Waals surface area (Å²) in [7, 11) is 6.98. The number of anilines is 1. The second-order valence-corrected chi connectivity index (χ2v) is 9.85. The molecule has 0 unspecified atom stereocenters. The molecule has 198 valence electrons. The predicted molar refractivity (Wildman–Crippen MR) is 150 cm³/mol. The van der Waals surface area contributed by atoms with E-state index in [4.69, 9.17) is 23.9 Å². The minimum Gasteiger partial charge on any atom is -0.383 e. The Kier molecular flexibility index (Phi) is 11.5. The Bertz CT molecular complexity index is 1130. The molecular weight excluding hydrogens is 474 g/mol. The SMILES string of the molecule is CCc1cc(=[N+](CCOC)CCOC)cc2sc3cc(N(CCOC)CCOC)cc(CC)c3nc1-2. The highest BCUT2D eigenvalue weighted by atomic mass is 32.1. The van der Waals surface area contributed by atoms with Gasteiger partial charge in [0, 0.05) is 59.3 Å². The van der Waals surface area contributed by atoms with Gasteiger partial charge in [-0.15, -0.1) is 11.3 Å². The van der Waals surface area contributed by atoms with Gasteiger partial charge < -0.3 is 23.8 Å². The van der Waals surface area contributed by atoms with Crippen molar-refractivity contribution in [1.82, 2.24) is 9.56 Å². The number of ether oxygens (including phenoxy) is 4. The Balaban J connectivity index is 2.22. The van der Waals surface area contributed by atoms with Crippen LogP contribution in [-0.2, 0) is 31.8 Å². The molecule has 0 bridgehead atoms. The van der Waals surface area contributed by atoms with E-state index in [0.29, 0.717) is 26.4 Å². The maximum Gasteiger partial charge on any atom is 0.201 e. The minimum absolute atomic E-state index is 0.671. The van der Waals surface area contributed by atoms with E-state index in [2.05, 4.69) is 47.6 Å². The van der Waals surface area contributed by atoms with Crippen LogP contribution in [0.15, 0.2) is 24.3 Å². The fraction of sp³-hybridized carbons (Fsp3) is 0.571. The zero-order chi connectivity index (χ0) is 25.9. The summed E-state index contributed by atoms with van der Waals surface area (Å²) in [6.45, 7) is 10.4. The summed E-state index contributed by atoms with van der Waals surface area (Å²) in [5.41, 5.74) is 5.95. The Hall–Kier alpha value is -2.10. The summed E-state index contributed by atoms with van der Waals surface area (Å²) >= 11 is 1.83. The van der Waals surface area contributed by atoms with Crippen LogP contribution in [-0.4, -0.2) is 86.0 Å². The first-order valence-electron chi connectivity index (χ1n) is 12.8. The van der Waals surface area contributed by atoms with Crippen molar-refractivity contribution in [3.05, 3.63) is 40.7 Å². The average molecular weight is 517 g/mol. The Morgan fingerprint density at radius 2 is 1.39 bits per heavy atom. The molecule has 0 N–H and O–H groups in total. The van der Waals surface area contributed by atoms with E-state index in [9.17, 15) is 0 Å². The first-order valence-corrected chi connectivity index (χ1v) is 13.6. The maximum atomic E-state index is 5.38. The van der Waals surface area contributed by atoms with Gasteiger partial charge in [0.2, 0.25) is 5.36 Å². The molecule has 0 amide bonds. The number of aryl methyl sites for hydroxylation is 2. The van der Waals surface area contributed by atoms with Gasteiger partial charge in [-0.25, -0.2) is 9.56 Å². The molecule has 1 aromatic carbocycles. The van der Waals surface area contributed by atoms with Crippen molar-refractivity contribution in [2.75, 3.05) is 85.9 Å². The molecule has 0 saturated carbocycles. The van der Waals surface area contributed by atoms with Crippen LogP contribution in [0.25, 0.3) is 20.8 Å². The van der Waals surface area contributed by atoms with E-state index in [1.54, 1.807) is 28.4 Å². The monoisotopic (exact) mass is 516 g/mol. The smallest absolute Gasteiger partial charge is 0.201 e. The summed E-state index contributed by atoms with van der Waals surface area (Å²) in [5.74, 6) is 0. The first kappa shape index (κ1) is 28.5. The van der Waals surface area contributed by atoms with Crippen molar-refractivity contribution in [1.29, 1.82) is 0 Å². The van der Waals surface area contributed by atoms with Crippen LogP contribution < -0.4 is 14.8 Å². The predicted octanol–water partition coefficient (Wildman–Crippen LogP) is 3.69. The fourth-order valence-corrected chi connectivity index (χ4v) is 5.53. The minimum atomic E-state index is 0.671. The third-order valence-corrected chi connectivity index (χ3v) is 7.54. The molecule has 1 aliphatic carbocycles. The number of benzene rings is 2. The highest BCUT2D eigenvalue weighted by molar-refractivity contribution is 7.21. The largest absolute Gasteiger partial charge is 0.383 e. The number of methoxy groups -OCH3 is 4. The van der Waals surface area contributed by atoms with E-state index in [1.165, 1.54) is 31.7 Å². The van der Waals surface area contributed by atoms with Crippen molar-refractivity contribution >= 4 is 27.2 Å². The lowest BCUT2D eigenvalue weighted by molar-refractivity contribution is 0.170. The Morgan fingerprint density at radius 1 is 0.778 bits per heavy atom. The molecule has 0 saturated heterocycles. The van der Waals surface area contributed by atoms with Crippen molar-refractivity contribution in [3.63, 3.8) is 0 Å². The average Bonchev–Trinajstić information content (AvgIpc) is 2.90. The number of rotatable bonds is 15. The molecule has 7 nitrogen and oxygen atoms in total. The highest BCUT2D eigenvalue weighted by Gasteiger charge is 2.19. The number of hydrogen-bond donors (Lipinski definition) is 0. The lowest BCUT2D eigenvalue weighted by Crippen LogP contribution is -2.35. The molecule has 36 heavy (non-hydrogen) atoms. The molecule has 3 rings (SSSR count). The maximum absolute atomic E-state index is 5.38. The van der Waals surface area contributed by atoms with E-state index in [-0.39, 0.29) is 0 Å². The summed E-state index contributed by atoms with van der Waals surface area (Å²) in [6.07, 6.45) is 1.86. The lowest BCUT2D eigenvalue weighted by Gasteiger charge is -2.25. The highest BCUT2D eigenvalue weighted by Crippen LogP contribution is 2.36. The van der Waals surface area contributed by atoms with Crippen LogP contribution in [0.5, 0.6) is 0 Å². The van der Waals surface area contributed by atoms with Crippen molar-refractivity contribution in [3.8, 4) is 10.6 Å². The van der Waals surface area contributed by atoms with Crippen LogP contribution in [0.3, 0.4) is 0 Å². The summed E-state index contributed by atoms with van der Waals surface area (Å²) in [5, 5.41) is 1.19. The lowest BCUT2D eigenvalue weighted by atomic mass is 10.1. The fourth-order valence-electron chi connectivity index (χ4n) is 4.39. The van der Waals surface area contributed by atoms with E-state index in [0.717, 1.165) is 50.2 Å². The summed E-state index contributed by atoms with van der Waals surface area (Å²) < 4.78 is 25.1. The first-order chi connectivity index (χ1) is 17.6. The van der Waals surface area contributed by atoms with Gasteiger partial charge >= 0.3 is 0 Å². The molecule has 1 heterocycles. The molecule has 8 heteroatoms. The molecule has 0 spiro atoms. The van der Waals surface area contributed by atoms with Crippen molar-refractivity contribution in [2.45, 2.75) is 26.7 Å². The van der Waals surface area contributed by atoms with Gasteiger partial charge in [-0.1, -0.05) is 13.8 Å². The van der Waals surface area contributed by atoms with Gasteiger partial charge in [0.25, 0.3) is 0 Å². The number of aromatic nitrogens is 1. The molecule has 1 aliphatic heterocycles. The van der Waals surface area contributed by atoms with Gasteiger partial charge in [-0.2, -0.15) is 0 Å². The molecule has 0 radical (unpaired) electrons. The third kappa shape index (κ3) is 7.01. The molecule has 1 aromatic rings. The number of nitrogens with zero attached hydrogens (tertiary/aromatic N) is 3. The molecular formula is C28H42N3O4S+. The van der Waals surface area contributed by atoms with E-state index < -0.39 is 0 Å². The second kappa shape index (κ2) is 14.6. The normalized spacial score (nSPS) is 11.5. The zero-order valence-corrected chi connectivity index (χ0v) is 23.6. The standard InChI is InChI=1S/C28H42N3O4S/c1-7-21-17-23(30(9-13-32-3)10-14-33-4)19-25-27(21)29-28-22(8-2)18-24(20-26(28)36-25)31(11-15-34-5)12-16-35-6/h17-20H,7-16H2,1-6H3/q+1. The number of fused-ring (bicyclic) bond motifs is 2. The van der Waals surface area contributed by atoms with Crippen LogP contribution in [0.4, 0.5) is 5.69 Å². The molecule has 0 fully saturated rings. The van der Waals surface area contributed by atoms with Crippen LogP contribution >= 0.6 is 11.3 Å². The van der Waals surface area contributed by atoms with Gasteiger partial charge in [-0.05, 0) is 36.1 Å². The molecule has 0 aromatic heterocycles. The van der Waals surface area contributed by atoms with E-state index >= 15 is 0 Å². The van der Waals surface area contributed by atoms with Crippen molar-refractivity contribution in [2.24, 2.45) is 0 Å². The third-order valence-electron chi connectivity index (χ3n) is 6.47. The summed E-state index contributed by atoms with van der Waals surface area (Å²) in [6, 6.07) is 9.14. The van der Waals surface area contributed by atoms with Gasteiger partial charge in [0.15, 0.2) is 13.1 Å². The second-order valence-electron chi connectivity index (χ2n) is 8.77. The molecule has 2 aliphatic rings. The quantitative estimate of drug-likeness (QED) is 0.227. The van der Waals surface area contributed by atoms with Gasteiger partial charge in [0.1, 0.15) is 13.2 Å². The Morgan fingerprint density at radius 3 is 1.94 bits per heavy atom. The summed E-state index contributed by atoms with van der Waals surface area (Å²) in [4.78, 5) is 8.79. The van der Waals surface area contributed by atoms with E-state index in [1.807, 2.05) is 11.3 Å². The van der Waals surface area contributed by atoms with Crippen molar-refractivity contribution < 1.29 is 18.9 Å². The van der Waals surface area contributed by atoms with Gasteiger partial charge in [0.05, 0.1) is 34.0 Å². The number of hydrogen-bond acceptors (Lipinski definition) is 7. The zero-order valence-electron chi connectivity index (χ0n) is 22.8.